The molecule has 2 amide bonds. The molecule has 1 aromatic carbocycles. The normalized spacial score (nSPS) is 15.0. The zero-order valence-electron chi connectivity index (χ0n) is 13.8. The average Bonchev–Trinajstić information content (AvgIpc) is 3.14. The molecule has 1 aliphatic rings. The Bertz CT molecular complexity index is 725. The van der Waals surface area contributed by atoms with E-state index in [1.54, 1.807) is 19.2 Å². The van der Waals surface area contributed by atoms with Crippen LogP contribution in [0, 0.1) is 5.82 Å². The number of piperidine rings is 1. The Morgan fingerprint density at radius 2 is 1.92 bits per heavy atom. The standard InChI is InChI=1S/C17H19FN4O3/c1-21(17(24)16(23)19-15-8-11-25-20-15)13-6-9-22(10-7-13)14-4-2-12(18)3-5-14/h2-5,8,11,13H,6-7,9-10H2,1H3,(H,19,20,23). The number of nitrogens with zero attached hydrogens (tertiary/aromatic N) is 3. The van der Waals surface area contributed by atoms with E-state index in [1.807, 2.05) is 0 Å². The van der Waals surface area contributed by atoms with Gasteiger partial charge in [-0.1, -0.05) is 5.16 Å². The SMILES string of the molecule is CN(C(=O)C(=O)Nc1ccon1)C1CCN(c2ccc(F)cc2)CC1. The molecular weight excluding hydrogens is 327 g/mol. The van der Waals surface area contributed by atoms with Gasteiger partial charge in [0.05, 0.1) is 0 Å². The zero-order chi connectivity index (χ0) is 17.8. The van der Waals surface area contributed by atoms with Gasteiger partial charge in [0.25, 0.3) is 0 Å². The molecule has 2 aromatic rings. The number of aromatic nitrogens is 1. The first kappa shape index (κ1) is 16.9. The van der Waals surface area contributed by atoms with E-state index < -0.39 is 11.8 Å². The van der Waals surface area contributed by atoms with E-state index in [1.165, 1.54) is 29.4 Å². The predicted octanol–water partition coefficient (Wildman–Crippen LogP) is 1.88. The van der Waals surface area contributed by atoms with Gasteiger partial charge in [-0.2, -0.15) is 0 Å². The molecular formula is C17H19FN4O3. The topological polar surface area (TPSA) is 78.7 Å². The number of halogens is 1. The number of carbonyl (C=O) groups is 2. The highest BCUT2D eigenvalue weighted by molar-refractivity contribution is 6.39. The lowest BCUT2D eigenvalue weighted by Gasteiger charge is -2.37. The van der Waals surface area contributed by atoms with Gasteiger partial charge in [0.15, 0.2) is 5.82 Å². The van der Waals surface area contributed by atoms with Gasteiger partial charge in [0.1, 0.15) is 12.1 Å². The van der Waals surface area contributed by atoms with Crippen LogP contribution >= 0.6 is 0 Å². The van der Waals surface area contributed by atoms with Crippen LogP contribution in [0.4, 0.5) is 15.9 Å². The van der Waals surface area contributed by atoms with E-state index >= 15 is 0 Å². The van der Waals surface area contributed by atoms with E-state index in [-0.39, 0.29) is 17.7 Å². The van der Waals surface area contributed by atoms with Crippen LogP contribution in [0.5, 0.6) is 0 Å². The molecule has 25 heavy (non-hydrogen) atoms. The van der Waals surface area contributed by atoms with Gasteiger partial charge >= 0.3 is 11.8 Å². The number of likely N-dealkylation sites (N-methyl/N-ethyl adjacent to an activating group) is 1. The van der Waals surface area contributed by atoms with Gasteiger partial charge in [-0.25, -0.2) is 4.39 Å². The van der Waals surface area contributed by atoms with Gasteiger partial charge in [-0.3, -0.25) is 14.9 Å². The molecule has 3 rings (SSSR count). The molecule has 1 aromatic heterocycles. The van der Waals surface area contributed by atoms with Crippen LogP contribution in [0.2, 0.25) is 0 Å². The number of anilines is 2. The van der Waals surface area contributed by atoms with Crippen LogP contribution in [0.3, 0.4) is 0 Å². The fourth-order valence-electron chi connectivity index (χ4n) is 2.94. The van der Waals surface area contributed by atoms with Crippen molar-refractivity contribution in [2.75, 3.05) is 30.4 Å². The van der Waals surface area contributed by atoms with Gasteiger partial charge in [0, 0.05) is 37.9 Å². The van der Waals surface area contributed by atoms with Crippen LogP contribution in [0.25, 0.3) is 0 Å². The summed E-state index contributed by atoms with van der Waals surface area (Å²) in [6, 6.07) is 7.81. The lowest BCUT2D eigenvalue weighted by atomic mass is 10.0. The quantitative estimate of drug-likeness (QED) is 0.859. The molecule has 0 atom stereocenters. The predicted molar refractivity (Wildman–Crippen MR) is 89.5 cm³/mol. The van der Waals surface area contributed by atoms with Crippen LogP contribution in [0.1, 0.15) is 12.8 Å². The fraction of sp³-hybridized carbons (Fsp3) is 0.353. The third kappa shape index (κ3) is 3.96. The Balaban J connectivity index is 1.53. The Morgan fingerprint density at radius 3 is 2.52 bits per heavy atom. The minimum Gasteiger partial charge on any atom is -0.371 e. The zero-order valence-corrected chi connectivity index (χ0v) is 13.8. The molecule has 0 saturated carbocycles. The van der Waals surface area contributed by atoms with E-state index in [0.717, 1.165) is 31.6 Å². The van der Waals surface area contributed by atoms with Crippen molar-refractivity contribution in [3.8, 4) is 0 Å². The molecule has 1 aliphatic heterocycles. The third-order valence-electron chi connectivity index (χ3n) is 4.40. The molecule has 1 saturated heterocycles. The third-order valence-corrected chi connectivity index (χ3v) is 4.40. The van der Waals surface area contributed by atoms with Gasteiger partial charge in [-0.15, -0.1) is 0 Å². The fourth-order valence-corrected chi connectivity index (χ4v) is 2.94. The summed E-state index contributed by atoms with van der Waals surface area (Å²) in [6.45, 7) is 1.47. The van der Waals surface area contributed by atoms with E-state index in [2.05, 4.69) is 19.9 Å². The number of carbonyl (C=O) groups excluding carboxylic acids is 2. The summed E-state index contributed by atoms with van der Waals surface area (Å²) >= 11 is 0. The highest BCUT2D eigenvalue weighted by atomic mass is 19.1. The first-order chi connectivity index (χ1) is 12.0. The summed E-state index contributed by atoms with van der Waals surface area (Å²) in [5.41, 5.74) is 0.956. The lowest BCUT2D eigenvalue weighted by molar-refractivity contribution is -0.143. The van der Waals surface area contributed by atoms with Crippen molar-refractivity contribution in [3.63, 3.8) is 0 Å². The monoisotopic (exact) mass is 346 g/mol. The molecule has 1 fully saturated rings. The number of benzene rings is 1. The summed E-state index contributed by atoms with van der Waals surface area (Å²) in [5, 5.41) is 5.95. The van der Waals surface area contributed by atoms with Crippen LogP contribution in [-0.2, 0) is 9.59 Å². The molecule has 7 nitrogen and oxygen atoms in total. The van der Waals surface area contributed by atoms with Crippen molar-refractivity contribution >= 4 is 23.3 Å². The maximum atomic E-state index is 13.0. The van der Waals surface area contributed by atoms with Crippen molar-refractivity contribution < 1.29 is 18.5 Å². The van der Waals surface area contributed by atoms with Crippen molar-refractivity contribution in [1.82, 2.24) is 10.1 Å². The second-order valence-corrected chi connectivity index (χ2v) is 5.95. The Hall–Kier alpha value is -2.90. The van der Waals surface area contributed by atoms with Crippen molar-refractivity contribution in [1.29, 1.82) is 0 Å². The molecule has 0 aliphatic carbocycles. The first-order valence-corrected chi connectivity index (χ1v) is 8.03. The molecule has 0 radical (unpaired) electrons. The van der Waals surface area contributed by atoms with Crippen molar-refractivity contribution in [2.24, 2.45) is 0 Å². The number of amides is 2. The number of nitrogens with one attached hydrogen (secondary N) is 1. The molecule has 2 heterocycles. The Kier molecular flexibility index (Phi) is 4.97. The molecule has 132 valence electrons. The van der Waals surface area contributed by atoms with E-state index in [0.29, 0.717) is 0 Å². The van der Waals surface area contributed by atoms with Crippen LogP contribution in [0.15, 0.2) is 41.1 Å². The molecule has 1 N–H and O–H groups in total. The second kappa shape index (κ2) is 7.33. The Morgan fingerprint density at radius 1 is 1.24 bits per heavy atom. The van der Waals surface area contributed by atoms with Gasteiger partial charge < -0.3 is 14.3 Å². The smallest absolute Gasteiger partial charge is 0.315 e. The molecule has 8 heteroatoms. The number of hydrogen-bond acceptors (Lipinski definition) is 5. The minimum absolute atomic E-state index is 0.0211. The Labute approximate surface area is 144 Å². The summed E-state index contributed by atoms with van der Waals surface area (Å²) < 4.78 is 17.6. The lowest BCUT2D eigenvalue weighted by Crippen LogP contribution is -2.48. The van der Waals surface area contributed by atoms with E-state index in [4.69, 9.17) is 0 Å². The number of rotatable bonds is 3. The highest BCUT2D eigenvalue weighted by Gasteiger charge is 2.29. The van der Waals surface area contributed by atoms with Gasteiger partial charge in [-0.05, 0) is 37.1 Å². The summed E-state index contributed by atoms with van der Waals surface area (Å²) in [7, 11) is 1.63. The van der Waals surface area contributed by atoms with E-state index in [9.17, 15) is 14.0 Å². The number of hydrogen-bond donors (Lipinski definition) is 1. The summed E-state index contributed by atoms with van der Waals surface area (Å²) in [6.07, 6.45) is 2.78. The van der Waals surface area contributed by atoms with Crippen LogP contribution < -0.4 is 10.2 Å². The summed E-state index contributed by atoms with van der Waals surface area (Å²) in [5.74, 6) is -1.40. The minimum atomic E-state index is -0.739. The van der Waals surface area contributed by atoms with Crippen molar-refractivity contribution in [2.45, 2.75) is 18.9 Å². The first-order valence-electron chi connectivity index (χ1n) is 8.03. The molecule has 0 bridgehead atoms. The second-order valence-electron chi connectivity index (χ2n) is 5.95. The summed E-state index contributed by atoms with van der Waals surface area (Å²) in [4.78, 5) is 27.9. The molecule has 0 spiro atoms. The largest absolute Gasteiger partial charge is 0.371 e. The van der Waals surface area contributed by atoms with Gasteiger partial charge in [0.2, 0.25) is 0 Å². The average molecular weight is 346 g/mol. The highest BCUT2D eigenvalue weighted by Crippen LogP contribution is 2.22. The van der Waals surface area contributed by atoms with Crippen molar-refractivity contribution in [3.05, 3.63) is 42.4 Å². The molecule has 0 unspecified atom stereocenters. The van der Waals surface area contributed by atoms with Crippen LogP contribution in [-0.4, -0.2) is 48.0 Å². The maximum Gasteiger partial charge on any atom is 0.315 e. The maximum absolute atomic E-state index is 13.0.